The number of aromatic nitrogens is 1. The van der Waals surface area contributed by atoms with Gasteiger partial charge in [0.05, 0.1) is 11.6 Å². The summed E-state index contributed by atoms with van der Waals surface area (Å²) >= 11 is 0. The number of halogens is 1. The lowest BCUT2D eigenvalue weighted by Crippen LogP contribution is -2.13. The van der Waals surface area contributed by atoms with Crippen LogP contribution in [0.4, 0.5) is 4.39 Å². The zero-order valence-electron chi connectivity index (χ0n) is 9.73. The van der Waals surface area contributed by atoms with Crippen LogP contribution in [0.1, 0.15) is 16.7 Å². The number of benzene rings is 1. The van der Waals surface area contributed by atoms with E-state index >= 15 is 0 Å². The van der Waals surface area contributed by atoms with Crippen molar-refractivity contribution in [2.45, 2.75) is 13.1 Å². The second-order valence-corrected chi connectivity index (χ2v) is 3.88. The largest absolute Gasteiger partial charge is 0.308 e. The van der Waals surface area contributed by atoms with Crippen LogP contribution < -0.4 is 5.32 Å². The minimum absolute atomic E-state index is 0.337. The lowest BCUT2D eigenvalue weighted by Gasteiger charge is -2.06. The maximum absolute atomic E-state index is 13.6. The summed E-state index contributed by atoms with van der Waals surface area (Å²) in [7, 11) is 0. The molecule has 0 spiro atoms. The molecular weight excluding hydrogens is 229 g/mol. The fourth-order valence-corrected chi connectivity index (χ4v) is 1.60. The van der Waals surface area contributed by atoms with E-state index in [0.717, 1.165) is 5.56 Å². The molecule has 0 amide bonds. The maximum Gasteiger partial charge on any atom is 0.129 e. The average molecular weight is 241 g/mol. The smallest absolute Gasteiger partial charge is 0.129 e. The number of hydrogen-bond donors (Lipinski definition) is 1. The summed E-state index contributed by atoms with van der Waals surface area (Å²) in [6, 6.07) is 10.2. The van der Waals surface area contributed by atoms with Gasteiger partial charge in [-0.15, -0.1) is 0 Å². The van der Waals surface area contributed by atoms with Crippen molar-refractivity contribution in [1.29, 1.82) is 5.26 Å². The van der Waals surface area contributed by atoms with E-state index in [-0.39, 0.29) is 5.82 Å². The van der Waals surface area contributed by atoms with E-state index in [1.54, 1.807) is 24.5 Å². The minimum atomic E-state index is -0.354. The third-order valence-corrected chi connectivity index (χ3v) is 2.55. The van der Waals surface area contributed by atoms with Gasteiger partial charge in [-0.25, -0.2) is 4.39 Å². The normalized spacial score (nSPS) is 10.0. The van der Waals surface area contributed by atoms with Gasteiger partial charge in [0, 0.05) is 31.0 Å². The van der Waals surface area contributed by atoms with Gasteiger partial charge in [0.1, 0.15) is 5.82 Å². The molecule has 18 heavy (non-hydrogen) atoms. The van der Waals surface area contributed by atoms with Crippen molar-refractivity contribution in [2.24, 2.45) is 0 Å². The molecule has 0 aliphatic heterocycles. The molecule has 1 aromatic carbocycles. The first-order valence-corrected chi connectivity index (χ1v) is 5.58. The molecule has 0 aliphatic rings. The van der Waals surface area contributed by atoms with Crippen LogP contribution in [0.3, 0.4) is 0 Å². The first kappa shape index (κ1) is 12.2. The Balaban J connectivity index is 1.93. The van der Waals surface area contributed by atoms with Gasteiger partial charge in [0.15, 0.2) is 0 Å². The van der Waals surface area contributed by atoms with Crippen molar-refractivity contribution in [3.05, 3.63) is 65.2 Å². The molecule has 2 rings (SSSR count). The molecule has 0 unspecified atom stereocenters. The van der Waals surface area contributed by atoms with E-state index in [2.05, 4.69) is 10.3 Å². The molecule has 1 N–H and O–H groups in total. The summed E-state index contributed by atoms with van der Waals surface area (Å²) in [6.07, 6.45) is 3.48. The fraction of sp³-hybridized carbons (Fsp3) is 0.143. The summed E-state index contributed by atoms with van der Waals surface area (Å²) < 4.78 is 13.6. The molecule has 4 heteroatoms. The van der Waals surface area contributed by atoms with E-state index in [0.29, 0.717) is 24.2 Å². The summed E-state index contributed by atoms with van der Waals surface area (Å²) in [5, 5.41) is 11.8. The van der Waals surface area contributed by atoms with E-state index in [1.165, 1.54) is 6.07 Å². The van der Waals surface area contributed by atoms with Gasteiger partial charge in [-0.3, -0.25) is 4.98 Å². The average Bonchev–Trinajstić information content (AvgIpc) is 2.42. The molecule has 0 bridgehead atoms. The molecule has 1 aromatic heterocycles. The van der Waals surface area contributed by atoms with E-state index < -0.39 is 0 Å². The number of pyridine rings is 1. The molecule has 90 valence electrons. The second-order valence-electron chi connectivity index (χ2n) is 3.88. The lowest BCUT2D eigenvalue weighted by atomic mass is 10.1. The van der Waals surface area contributed by atoms with Gasteiger partial charge < -0.3 is 5.32 Å². The van der Waals surface area contributed by atoms with Crippen molar-refractivity contribution < 1.29 is 4.39 Å². The zero-order valence-corrected chi connectivity index (χ0v) is 9.73. The summed E-state index contributed by atoms with van der Waals surface area (Å²) in [5.74, 6) is -0.354. The van der Waals surface area contributed by atoms with Crippen LogP contribution in [0, 0.1) is 17.1 Å². The van der Waals surface area contributed by atoms with Gasteiger partial charge in [-0.05, 0) is 23.8 Å². The first-order chi connectivity index (χ1) is 8.79. The van der Waals surface area contributed by atoms with Gasteiger partial charge >= 0.3 is 0 Å². The van der Waals surface area contributed by atoms with Crippen molar-refractivity contribution in [1.82, 2.24) is 10.3 Å². The molecule has 0 aliphatic carbocycles. The lowest BCUT2D eigenvalue weighted by molar-refractivity contribution is 0.587. The van der Waals surface area contributed by atoms with Gasteiger partial charge in [0.25, 0.3) is 0 Å². The Morgan fingerprint density at radius 2 is 2.17 bits per heavy atom. The van der Waals surface area contributed by atoms with Crippen LogP contribution >= 0.6 is 0 Å². The number of rotatable bonds is 4. The van der Waals surface area contributed by atoms with Crippen LogP contribution in [-0.2, 0) is 13.1 Å². The number of nitrogens with one attached hydrogen (secondary N) is 1. The van der Waals surface area contributed by atoms with Crippen LogP contribution in [-0.4, -0.2) is 4.98 Å². The molecule has 1 heterocycles. The summed E-state index contributed by atoms with van der Waals surface area (Å²) in [4.78, 5) is 4.00. The molecule has 0 saturated heterocycles. The van der Waals surface area contributed by atoms with Crippen molar-refractivity contribution in [2.75, 3.05) is 0 Å². The molecule has 3 nitrogen and oxygen atoms in total. The first-order valence-electron chi connectivity index (χ1n) is 5.58. The molecular formula is C14H12FN3. The van der Waals surface area contributed by atoms with Gasteiger partial charge in [-0.1, -0.05) is 12.1 Å². The van der Waals surface area contributed by atoms with Crippen LogP contribution in [0.2, 0.25) is 0 Å². The highest BCUT2D eigenvalue weighted by Gasteiger charge is 2.03. The van der Waals surface area contributed by atoms with Gasteiger partial charge in [-0.2, -0.15) is 5.26 Å². The summed E-state index contributed by atoms with van der Waals surface area (Å²) in [5.41, 5.74) is 1.94. The Morgan fingerprint density at radius 3 is 2.83 bits per heavy atom. The van der Waals surface area contributed by atoms with E-state index in [9.17, 15) is 4.39 Å². The Hall–Kier alpha value is -2.25. The van der Waals surface area contributed by atoms with Crippen LogP contribution in [0.5, 0.6) is 0 Å². The van der Waals surface area contributed by atoms with Crippen molar-refractivity contribution in [3.63, 3.8) is 0 Å². The van der Waals surface area contributed by atoms with E-state index in [1.807, 2.05) is 18.2 Å². The predicted octanol–water partition coefficient (Wildman–Crippen LogP) is 2.38. The molecule has 0 saturated carbocycles. The molecule has 0 radical (unpaired) electrons. The minimum Gasteiger partial charge on any atom is -0.308 e. The Labute approximate surface area is 105 Å². The van der Waals surface area contributed by atoms with E-state index in [4.69, 9.17) is 5.26 Å². The Bertz CT molecular complexity index is 561. The van der Waals surface area contributed by atoms with Crippen molar-refractivity contribution >= 4 is 0 Å². The third kappa shape index (κ3) is 3.12. The quantitative estimate of drug-likeness (QED) is 0.894. The number of hydrogen-bond acceptors (Lipinski definition) is 3. The number of nitriles is 1. The predicted molar refractivity (Wildman–Crippen MR) is 65.9 cm³/mol. The summed E-state index contributed by atoms with van der Waals surface area (Å²) in [6.45, 7) is 1.06. The highest BCUT2D eigenvalue weighted by molar-refractivity contribution is 5.32. The monoisotopic (exact) mass is 241 g/mol. The van der Waals surface area contributed by atoms with Crippen molar-refractivity contribution in [3.8, 4) is 6.07 Å². The van der Waals surface area contributed by atoms with Crippen LogP contribution in [0.25, 0.3) is 0 Å². The fourth-order valence-electron chi connectivity index (χ4n) is 1.60. The Morgan fingerprint density at radius 1 is 1.28 bits per heavy atom. The topological polar surface area (TPSA) is 48.7 Å². The molecule has 2 aromatic rings. The number of nitrogens with zero attached hydrogens (tertiary/aromatic N) is 2. The van der Waals surface area contributed by atoms with Crippen LogP contribution in [0.15, 0.2) is 42.7 Å². The highest BCUT2D eigenvalue weighted by atomic mass is 19.1. The molecule has 0 atom stereocenters. The SMILES string of the molecule is N#Cc1ccc(CNCc2cccnc2)c(F)c1. The second kappa shape index (κ2) is 5.89. The maximum atomic E-state index is 13.6. The standard InChI is InChI=1S/C14H12FN3/c15-14-6-11(7-16)3-4-13(14)10-18-9-12-2-1-5-17-8-12/h1-6,8,18H,9-10H2. The third-order valence-electron chi connectivity index (χ3n) is 2.55. The molecule has 0 fully saturated rings. The van der Waals surface area contributed by atoms with Gasteiger partial charge in [0.2, 0.25) is 0 Å². The highest BCUT2D eigenvalue weighted by Crippen LogP contribution is 2.09. The Kier molecular flexibility index (Phi) is 4.00. The zero-order chi connectivity index (χ0) is 12.8.